The Balaban J connectivity index is 2.19. The van der Waals surface area contributed by atoms with Crippen molar-refractivity contribution in [2.45, 2.75) is 25.0 Å². The second kappa shape index (κ2) is 5.86. The number of halogens is 1. The molecule has 4 nitrogen and oxygen atoms in total. The first kappa shape index (κ1) is 14.2. The number of aliphatic hydroxyl groups is 1. The average Bonchev–Trinajstić information content (AvgIpc) is 2.39. The van der Waals surface area contributed by atoms with Crippen LogP contribution in [0.3, 0.4) is 0 Å². The van der Waals surface area contributed by atoms with Crippen LogP contribution in [0.4, 0.5) is 4.39 Å². The maximum Gasteiger partial charge on any atom is 0.125 e. The zero-order valence-corrected chi connectivity index (χ0v) is 11.3. The molecule has 2 atom stereocenters. The van der Waals surface area contributed by atoms with Crippen molar-refractivity contribution in [1.82, 2.24) is 5.32 Å². The Labute approximate surface area is 112 Å². The Kier molecular flexibility index (Phi) is 4.39. The van der Waals surface area contributed by atoms with E-state index in [9.17, 15) is 9.50 Å². The Bertz CT molecular complexity index is 431. The van der Waals surface area contributed by atoms with Gasteiger partial charge in [0.2, 0.25) is 0 Å². The smallest absolute Gasteiger partial charge is 0.125 e. The van der Waals surface area contributed by atoms with Gasteiger partial charge < -0.3 is 19.9 Å². The summed E-state index contributed by atoms with van der Waals surface area (Å²) in [6.45, 7) is 3.66. The quantitative estimate of drug-likeness (QED) is 0.868. The molecule has 1 aromatic rings. The summed E-state index contributed by atoms with van der Waals surface area (Å²) < 4.78 is 23.9. The van der Waals surface area contributed by atoms with Crippen molar-refractivity contribution in [2.75, 3.05) is 26.9 Å². The largest absolute Gasteiger partial charge is 0.496 e. The van der Waals surface area contributed by atoms with Gasteiger partial charge >= 0.3 is 0 Å². The van der Waals surface area contributed by atoms with Crippen molar-refractivity contribution in [3.63, 3.8) is 0 Å². The van der Waals surface area contributed by atoms with Gasteiger partial charge in [0.1, 0.15) is 11.6 Å². The van der Waals surface area contributed by atoms with E-state index in [1.54, 1.807) is 6.92 Å². The maximum atomic E-state index is 13.4. The molecule has 2 unspecified atom stereocenters. The molecule has 1 aliphatic heterocycles. The second-order valence-electron chi connectivity index (χ2n) is 5.05. The summed E-state index contributed by atoms with van der Waals surface area (Å²) in [5, 5.41) is 13.9. The van der Waals surface area contributed by atoms with Gasteiger partial charge in [-0.2, -0.15) is 0 Å². The van der Waals surface area contributed by atoms with E-state index in [2.05, 4.69) is 5.32 Å². The third-order valence-corrected chi connectivity index (χ3v) is 3.38. The van der Waals surface area contributed by atoms with Crippen molar-refractivity contribution in [1.29, 1.82) is 0 Å². The molecule has 0 aliphatic carbocycles. The van der Waals surface area contributed by atoms with E-state index >= 15 is 0 Å². The molecule has 2 N–H and O–H groups in total. The van der Waals surface area contributed by atoms with E-state index < -0.39 is 5.60 Å². The lowest BCUT2D eigenvalue weighted by Gasteiger charge is -2.32. The van der Waals surface area contributed by atoms with Crippen molar-refractivity contribution >= 4 is 0 Å². The molecule has 0 radical (unpaired) electrons. The Morgan fingerprint density at radius 2 is 2.37 bits per heavy atom. The molecule has 0 spiro atoms. The number of morpholine rings is 1. The lowest BCUT2D eigenvalue weighted by atomic mass is 9.88. The Morgan fingerprint density at radius 3 is 3.00 bits per heavy atom. The predicted octanol–water partition coefficient (Wildman–Crippen LogP) is 1.42. The second-order valence-corrected chi connectivity index (χ2v) is 5.05. The normalized spacial score (nSPS) is 22.8. The van der Waals surface area contributed by atoms with E-state index in [1.807, 2.05) is 0 Å². The highest BCUT2D eigenvalue weighted by molar-refractivity contribution is 5.38. The van der Waals surface area contributed by atoms with E-state index in [0.717, 1.165) is 6.54 Å². The van der Waals surface area contributed by atoms with Gasteiger partial charge in [-0.3, -0.25) is 0 Å². The van der Waals surface area contributed by atoms with Gasteiger partial charge in [0.25, 0.3) is 0 Å². The van der Waals surface area contributed by atoms with Gasteiger partial charge in [0.05, 0.1) is 25.9 Å². The van der Waals surface area contributed by atoms with Crippen molar-refractivity contribution in [3.8, 4) is 5.75 Å². The molecule has 1 aromatic carbocycles. The molecular weight excluding hydrogens is 249 g/mol. The minimum Gasteiger partial charge on any atom is -0.496 e. The SMILES string of the molecule is COc1ccc(F)cc1C(C)(O)CC1COCCN1. The van der Waals surface area contributed by atoms with Crippen LogP contribution in [0.5, 0.6) is 5.75 Å². The standard InChI is InChI=1S/C14H20FNO3/c1-14(17,8-11-9-19-6-5-16-11)12-7-10(15)3-4-13(12)18-2/h3-4,7,11,16-17H,5-6,8-9H2,1-2H3. The Morgan fingerprint density at radius 1 is 1.58 bits per heavy atom. The van der Waals surface area contributed by atoms with Crippen LogP contribution in [0.2, 0.25) is 0 Å². The molecule has 19 heavy (non-hydrogen) atoms. The Hall–Kier alpha value is -1.17. The van der Waals surface area contributed by atoms with Gasteiger partial charge in [-0.05, 0) is 31.5 Å². The molecule has 1 heterocycles. The van der Waals surface area contributed by atoms with E-state index in [-0.39, 0.29) is 11.9 Å². The fourth-order valence-corrected chi connectivity index (χ4v) is 2.44. The predicted molar refractivity (Wildman–Crippen MR) is 69.7 cm³/mol. The fraction of sp³-hybridized carbons (Fsp3) is 0.571. The number of hydrogen-bond acceptors (Lipinski definition) is 4. The third kappa shape index (κ3) is 3.43. The molecule has 1 aliphatic rings. The highest BCUT2D eigenvalue weighted by Gasteiger charge is 2.31. The summed E-state index contributed by atoms with van der Waals surface area (Å²) in [7, 11) is 1.51. The molecule has 2 rings (SSSR count). The van der Waals surface area contributed by atoms with Crippen LogP contribution >= 0.6 is 0 Å². The zero-order chi connectivity index (χ0) is 13.9. The monoisotopic (exact) mass is 269 g/mol. The maximum absolute atomic E-state index is 13.4. The molecule has 0 amide bonds. The average molecular weight is 269 g/mol. The first-order valence-electron chi connectivity index (χ1n) is 6.40. The van der Waals surface area contributed by atoms with E-state index in [4.69, 9.17) is 9.47 Å². The molecular formula is C14H20FNO3. The molecule has 5 heteroatoms. The van der Waals surface area contributed by atoms with Crippen LogP contribution in [-0.4, -0.2) is 38.0 Å². The van der Waals surface area contributed by atoms with Crippen molar-refractivity contribution < 1.29 is 19.0 Å². The lowest BCUT2D eigenvalue weighted by Crippen LogP contribution is -2.45. The summed E-state index contributed by atoms with van der Waals surface area (Å²) in [5.41, 5.74) is -0.714. The summed E-state index contributed by atoms with van der Waals surface area (Å²) in [5.74, 6) is 0.104. The molecule has 1 saturated heterocycles. The molecule has 106 valence electrons. The molecule has 1 fully saturated rings. The number of methoxy groups -OCH3 is 1. The number of ether oxygens (including phenoxy) is 2. The van der Waals surface area contributed by atoms with Gasteiger partial charge in [0.15, 0.2) is 0 Å². The van der Waals surface area contributed by atoms with E-state index in [1.165, 1.54) is 25.3 Å². The number of nitrogens with one attached hydrogen (secondary N) is 1. The summed E-state index contributed by atoms with van der Waals surface area (Å²) >= 11 is 0. The van der Waals surface area contributed by atoms with E-state index in [0.29, 0.717) is 30.9 Å². The van der Waals surface area contributed by atoms with Crippen LogP contribution in [0.15, 0.2) is 18.2 Å². The number of rotatable bonds is 4. The van der Waals surface area contributed by atoms with Crippen molar-refractivity contribution in [3.05, 3.63) is 29.6 Å². The first-order valence-corrected chi connectivity index (χ1v) is 6.40. The summed E-state index contributed by atoms with van der Waals surface area (Å²) in [6, 6.07) is 4.23. The topological polar surface area (TPSA) is 50.7 Å². The first-order chi connectivity index (χ1) is 9.03. The van der Waals surface area contributed by atoms with Crippen LogP contribution in [0.25, 0.3) is 0 Å². The van der Waals surface area contributed by atoms with Gasteiger partial charge in [-0.15, -0.1) is 0 Å². The molecule has 0 aromatic heterocycles. The minimum absolute atomic E-state index is 0.0525. The lowest BCUT2D eigenvalue weighted by molar-refractivity contribution is 0.00171. The van der Waals surface area contributed by atoms with Crippen LogP contribution < -0.4 is 10.1 Å². The zero-order valence-electron chi connectivity index (χ0n) is 11.3. The minimum atomic E-state index is -1.17. The van der Waals surface area contributed by atoms with Crippen LogP contribution in [-0.2, 0) is 10.3 Å². The van der Waals surface area contributed by atoms with Gasteiger partial charge in [0, 0.05) is 18.2 Å². The molecule has 0 bridgehead atoms. The van der Waals surface area contributed by atoms with Crippen molar-refractivity contribution in [2.24, 2.45) is 0 Å². The fourth-order valence-electron chi connectivity index (χ4n) is 2.44. The van der Waals surface area contributed by atoms with Crippen LogP contribution in [0, 0.1) is 5.82 Å². The van der Waals surface area contributed by atoms with Crippen LogP contribution in [0.1, 0.15) is 18.9 Å². The van der Waals surface area contributed by atoms with Gasteiger partial charge in [-0.25, -0.2) is 4.39 Å². The molecule has 0 saturated carbocycles. The summed E-state index contributed by atoms with van der Waals surface area (Å²) in [6.07, 6.45) is 0.437. The number of hydrogen-bond donors (Lipinski definition) is 2. The number of benzene rings is 1. The highest BCUT2D eigenvalue weighted by Crippen LogP contribution is 2.34. The highest BCUT2D eigenvalue weighted by atomic mass is 19.1. The van der Waals surface area contributed by atoms with Gasteiger partial charge in [-0.1, -0.05) is 0 Å². The third-order valence-electron chi connectivity index (χ3n) is 3.38. The summed E-state index contributed by atoms with van der Waals surface area (Å²) in [4.78, 5) is 0.